The van der Waals surface area contributed by atoms with E-state index >= 15 is 0 Å². The predicted octanol–water partition coefficient (Wildman–Crippen LogP) is 4.60. The van der Waals surface area contributed by atoms with E-state index in [0.717, 1.165) is 0 Å². The van der Waals surface area contributed by atoms with E-state index < -0.39 is 0 Å². The highest BCUT2D eigenvalue weighted by atomic mass is 35.5. The van der Waals surface area contributed by atoms with Gasteiger partial charge in [-0.25, -0.2) is 4.98 Å². The zero-order valence-corrected chi connectivity index (χ0v) is 16.3. The SMILES string of the molecule is C=CCn1c(SC(C)c2nc(C(C)C)no2)nc2cc(Cl)ccc2c1=O. The zero-order chi connectivity index (χ0) is 18.8. The lowest BCUT2D eigenvalue weighted by Crippen LogP contribution is -2.23. The monoisotopic (exact) mass is 390 g/mol. The largest absolute Gasteiger partial charge is 0.338 e. The Morgan fingerprint density at radius 1 is 1.35 bits per heavy atom. The summed E-state index contributed by atoms with van der Waals surface area (Å²) in [7, 11) is 0. The fourth-order valence-corrected chi connectivity index (χ4v) is 3.52. The summed E-state index contributed by atoms with van der Waals surface area (Å²) < 4.78 is 6.95. The maximum absolute atomic E-state index is 12.8. The van der Waals surface area contributed by atoms with E-state index in [-0.39, 0.29) is 16.7 Å². The number of fused-ring (bicyclic) bond motifs is 1. The van der Waals surface area contributed by atoms with Crippen LogP contribution in [-0.2, 0) is 6.54 Å². The molecule has 1 unspecified atom stereocenters. The van der Waals surface area contributed by atoms with Crippen LogP contribution in [0.4, 0.5) is 0 Å². The molecule has 0 saturated heterocycles. The van der Waals surface area contributed by atoms with E-state index in [9.17, 15) is 4.79 Å². The summed E-state index contributed by atoms with van der Waals surface area (Å²) >= 11 is 7.44. The Hall–Kier alpha value is -2.12. The third-order valence-corrected chi connectivity index (χ3v) is 5.11. The maximum atomic E-state index is 12.8. The van der Waals surface area contributed by atoms with E-state index in [4.69, 9.17) is 16.1 Å². The van der Waals surface area contributed by atoms with Crippen molar-refractivity contribution >= 4 is 34.3 Å². The quantitative estimate of drug-likeness (QED) is 0.348. The van der Waals surface area contributed by atoms with Crippen molar-refractivity contribution in [2.75, 3.05) is 0 Å². The normalized spacial score (nSPS) is 12.7. The van der Waals surface area contributed by atoms with E-state index in [1.54, 1.807) is 28.8 Å². The van der Waals surface area contributed by atoms with Crippen LogP contribution in [0.3, 0.4) is 0 Å². The molecule has 3 rings (SSSR count). The molecule has 0 aliphatic rings. The average molecular weight is 391 g/mol. The van der Waals surface area contributed by atoms with Gasteiger partial charge in [-0.3, -0.25) is 9.36 Å². The van der Waals surface area contributed by atoms with Crippen LogP contribution in [0.5, 0.6) is 0 Å². The molecular weight excluding hydrogens is 372 g/mol. The molecule has 0 N–H and O–H groups in total. The summed E-state index contributed by atoms with van der Waals surface area (Å²) in [5, 5.41) is 5.45. The topological polar surface area (TPSA) is 73.8 Å². The highest BCUT2D eigenvalue weighted by Crippen LogP contribution is 2.33. The fourth-order valence-electron chi connectivity index (χ4n) is 2.41. The van der Waals surface area contributed by atoms with Crippen LogP contribution in [0.15, 0.2) is 45.3 Å². The number of hydrogen-bond acceptors (Lipinski definition) is 6. The summed E-state index contributed by atoms with van der Waals surface area (Å²) in [4.78, 5) is 21.9. The lowest BCUT2D eigenvalue weighted by molar-refractivity contribution is 0.372. The minimum absolute atomic E-state index is 0.130. The van der Waals surface area contributed by atoms with Gasteiger partial charge in [-0.2, -0.15) is 4.98 Å². The van der Waals surface area contributed by atoms with E-state index in [1.807, 2.05) is 20.8 Å². The van der Waals surface area contributed by atoms with Crippen LogP contribution in [-0.4, -0.2) is 19.7 Å². The molecule has 0 amide bonds. The summed E-state index contributed by atoms with van der Waals surface area (Å²) in [5.41, 5.74) is 0.431. The fraction of sp³-hybridized carbons (Fsp3) is 0.333. The molecule has 0 fully saturated rings. The Bertz CT molecular complexity index is 1010. The van der Waals surface area contributed by atoms with Gasteiger partial charge < -0.3 is 4.52 Å². The second-order valence-corrected chi connectivity index (χ2v) is 7.91. The van der Waals surface area contributed by atoms with Gasteiger partial charge in [0.25, 0.3) is 5.56 Å². The highest BCUT2D eigenvalue weighted by molar-refractivity contribution is 7.99. The van der Waals surface area contributed by atoms with Crippen molar-refractivity contribution in [3.63, 3.8) is 0 Å². The molecular formula is C18H19ClN4O2S. The number of allylic oxidation sites excluding steroid dienone is 1. The molecule has 0 spiro atoms. The first-order valence-electron chi connectivity index (χ1n) is 8.22. The zero-order valence-electron chi connectivity index (χ0n) is 14.8. The Labute approximate surface area is 160 Å². The first-order chi connectivity index (χ1) is 12.4. The summed E-state index contributed by atoms with van der Waals surface area (Å²) in [5.74, 6) is 1.35. The van der Waals surface area contributed by atoms with Gasteiger partial charge in [0.2, 0.25) is 5.89 Å². The van der Waals surface area contributed by atoms with Gasteiger partial charge in [-0.05, 0) is 25.1 Å². The molecule has 1 aromatic carbocycles. The smallest absolute Gasteiger partial charge is 0.262 e. The molecule has 136 valence electrons. The van der Waals surface area contributed by atoms with Gasteiger partial charge in [0.05, 0.1) is 16.2 Å². The molecule has 2 heterocycles. The second kappa shape index (κ2) is 7.63. The number of thioether (sulfide) groups is 1. The van der Waals surface area contributed by atoms with Crippen molar-refractivity contribution in [1.82, 2.24) is 19.7 Å². The van der Waals surface area contributed by atoms with Crippen molar-refractivity contribution in [1.29, 1.82) is 0 Å². The number of hydrogen-bond donors (Lipinski definition) is 0. The Morgan fingerprint density at radius 3 is 2.77 bits per heavy atom. The predicted molar refractivity (Wildman–Crippen MR) is 104 cm³/mol. The van der Waals surface area contributed by atoms with Crippen LogP contribution in [0.25, 0.3) is 10.9 Å². The Morgan fingerprint density at radius 2 is 2.12 bits per heavy atom. The number of benzene rings is 1. The van der Waals surface area contributed by atoms with Crippen LogP contribution in [0.1, 0.15) is 43.7 Å². The molecule has 0 radical (unpaired) electrons. The van der Waals surface area contributed by atoms with Crippen molar-refractivity contribution in [2.45, 2.75) is 43.6 Å². The molecule has 8 heteroatoms. The average Bonchev–Trinajstić information content (AvgIpc) is 3.08. The third kappa shape index (κ3) is 3.68. The first-order valence-corrected chi connectivity index (χ1v) is 9.47. The second-order valence-electron chi connectivity index (χ2n) is 6.17. The van der Waals surface area contributed by atoms with Gasteiger partial charge in [0.15, 0.2) is 11.0 Å². The lowest BCUT2D eigenvalue weighted by Gasteiger charge is -2.13. The number of nitrogens with zero attached hydrogens (tertiary/aromatic N) is 4. The number of aromatic nitrogens is 4. The van der Waals surface area contributed by atoms with Gasteiger partial charge in [0.1, 0.15) is 0 Å². The van der Waals surface area contributed by atoms with Crippen molar-refractivity contribution in [3.8, 4) is 0 Å². The number of rotatable bonds is 6. The van der Waals surface area contributed by atoms with E-state index in [2.05, 4.69) is 21.7 Å². The molecule has 0 bridgehead atoms. The van der Waals surface area contributed by atoms with Crippen LogP contribution >= 0.6 is 23.4 Å². The van der Waals surface area contributed by atoms with Crippen molar-refractivity contribution in [2.24, 2.45) is 0 Å². The Balaban J connectivity index is 2.03. The minimum atomic E-state index is -0.158. The Kier molecular flexibility index (Phi) is 5.48. The highest BCUT2D eigenvalue weighted by Gasteiger charge is 2.20. The van der Waals surface area contributed by atoms with Gasteiger partial charge >= 0.3 is 0 Å². The van der Waals surface area contributed by atoms with Crippen LogP contribution in [0, 0.1) is 0 Å². The third-order valence-electron chi connectivity index (χ3n) is 3.80. The van der Waals surface area contributed by atoms with Crippen LogP contribution in [0.2, 0.25) is 5.02 Å². The van der Waals surface area contributed by atoms with Gasteiger partial charge in [0, 0.05) is 17.5 Å². The van der Waals surface area contributed by atoms with E-state index in [0.29, 0.717) is 39.3 Å². The number of halogens is 1. The molecule has 1 atom stereocenters. The van der Waals surface area contributed by atoms with Gasteiger partial charge in [-0.15, -0.1) is 6.58 Å². The van der Waals surface area contributed by atoms with Crippen molar-refractivity contribution < 1.29 is 4.52 Å². The molecule has 2 aromatic heterocycles. The van der Waals surface area contributed by atoms with Crippen molar-refractivity contribution in [3.05, 3.63) is 57.9 Å². The lowest BCUT2D eigenvalue weighted by atomic mass is 10.2. The minimum Gasteiger partial charge on any atom is -0.338 e. The van der Waals surface area contributed by atoms with E-state index in [1.165, 1.54) is 11.8 Å². The standard InChI is InChI=1S/C18H19ClN4O2S/c1-5-8-23-17(24)13-7-6-12(19)9-14(13)20-18(23)26-11(4)16-21-15(10(2)3)22-25-16/h5-7,9-11H,1,8H2,2-4H3. The molecule has 0 aliphatic carbocycles. The summed E-state index contributed by atoms with van der Waals surface area (Å²) in [6.07, 6.45) is 1.67. The molecule has 0 saturated carbocycles. The molecule has 3 aromatic rings. The van der Waals surface area contributed by atoms with Gasteiger partial charge in [-0.1, -0.05) is 48.4 Å². The molecule has 0 aliphatic heterocycles. The maximum Gasteiger partial charge on any atom is 0.262 e. The summed E-state index contributed by atoms with van der Waals surface area (Å²) in [6.45, 7) is 10.0. The van der Waals surface area contributed by atoms with Crippen LogP contribution < -0.4 is 5.56 Å². The first kappa shape index (κ1) is 18.7. The molecule has 26 heavy (non-hydrogen) atoms. The molecule has 6 nitrogen and oxygen atoms in total. The summed E-state index contributed by atoms with van der Waals surface area (Å²) in [6, 6.07) is 5.07.